The van der Waals surface area contributed by atoms with Gasteiger partial charge in [0.15, 0.2) is 6.04 Å². The predicted molar refractivity (Wildman–Crippen MR) is 145 cm³/mol. The second kappa shape index (κ2) is 11.9. The van der Waals surface area contributed by atoms with Crippen molar-refractivity contribution in [3.8, 4) is 0 Å². The molecule has 1 aliphatic rings. The number of rotatable bonds is 12. The van der Waals surface area contributed by atoms with Gasteiger partial charge in [0.2, 0.25) is 17.8 Å². The highest BCUT2D eigenvalue weighted by Crippen LogP contribution is 2.20. The number of para-hydroxylation sites is 1. The Labute approximate surface area is 220 Å². The van der Waals surface area contributed by atoms with E-state index in [1.165, 1.54) is 23.5 Å². The first-order valence-electron chi connectivity index (χ1n) is 12.7. The molecule has 6 N–H and O–H groups in total. The van der Waals surface area contributed by atoms with E-state index in [1.54, 1.807) is 0 Å². The van der Waals surface area contributed by atoms with Gasteiger partial charge >= 0.3 is 5.97 Å². The molecule has 0 radical (unpaired) electrons. The highest BCUT2D eigenvalue weighted by molar-refractivity contribution is 5.83. The normalized spacial score (nSPS) is 15.4. The van der Waals surface area contributed by atoms with E-state index in [0.717, 1.165) is 44.7 Å². The van der Waals surface area contributed by atoms with Crippen LogP contribution in [0, 0.1) is 0 Å². The Morgan fingerprint density at radius 3 is 2.50 bits per heavy atom. The minimum Gasteiger partial charge on any atom is -0.479 e. The number of H-pyrrole nitrogens is 2. The number of carboxylic acid groups (broad SMARTS) is 1. The zero-order chi connectivity index (χ0) is 26.3. The molecule has 38 heavy (non-hydrogen) atoms. The van der Waals surface area contributed by atoms with Gasteiger partial charge in [-0.05, 0) is 25.1 Å². The molecule has 1 fully saturated rings. The summed E-state index contributed by atoms with van der Waals surface area (Å²) in [5.74, 6) is -0.190. The van der Waals surface area contributed by atoms with Gasteiger partial charge in [0, 0.05) is 62.9 Å². The van der Waals surface area contributed by atoms with Crippen LogP contribution >= 0.6 is 0 Å². The van der Waals surface area contributed by atoms with Gasteiger partial charge in [-0.25, -0.2) is 9.78 Å². The van der Waals surface area contributed by atoms with Crippen LogP contribution in [0.3, 0.4) is 0 Å². The molecular formula is C25H33N11O2. The van der Waals surface area contributed by atoms with Crippen LogP contribution in [-0.2, 0) is 11.2 Å². The average Bonchev–Trinajstić information content (AvgIpc) is 3.59. The number of nitrogens with one attached hydrogen (secondary N) is 5. The number of nitrogens with zero attached hydrogens (tertiary/aromatic N) is 6. The van der Waals surface area contributed by atoms with Crippen molar-refractivity contribution in [1.82, 2.24) is 39.7 Å². The molecule has 1 aliphatic heterocycles. The second-order valence-corrected chi connectivity index (χ2v) is 9.34. The smallest absolute Gasteiger partial charge is 0.332 e. The van der Waals surface area contributed by atoms with Crippen molar-refractivity contribution in [2.75, 3.05) is 68.8 Å². The van der Waals surface area contributed by atoms with Crippen LogP contribution in [0.25, 0.3) is 10.9 Å². The first-order chi connectivity index (χ1) is 18.5. The number of likely N-dealkylation sites (N-methyl/N-ethyl adjacent to an activating group) is 1. The van der Waals surface area contributed by atoms with Gasteiger partial charge in [-0.15, -0.1) is 0 Å². The molecule has 0 amide bonds. The third kappa shape index (κ3) is 6.36. The molecule has 1 saturated heterocycles. The molecule has 0 bridgehead atoms. The first-order valence-corrected chi connectivity index (χ1v) is 12.7. The number of anilines is 3. The number of aliphatic carboxylic acids is 1. The molecule has 4 aromatic rings. The molecule has 0 aliphatic carbocycles. The second-order valence-electron chi connectivity index (χ2n) is 9.34. The van der Waals surface area contributed by atoms with E-state index in [0.29, 0.717) is 30.7 Å². The van der Waals surface area contributed by atoms with Gasteiger partial charge in [-0.3, -0.25) is 4.90 Å². The number of fused-ring (bicyclic) bond motifs is 1. The fraction of sp³-hybridized carbons (Fsp3) is 0.400. The number of imidazole rings is 1. The van der Waals surface area contributed by atoms with Gasteiger partial charge in [-0.1, -0.05) is 18.2 Å². The number of hydrogen-bond donors (Lipinski definition) is 6. The standard InChI is InChI=1S/C25H33N11O2/c1-35-10-12-36(13-11-35)9-8-28-24-32-23(27-7-6-17-14-29-19-5-3-2-4-18(17)19)33-25(34-24)31-21(22(37)38)20-15-26-16-30-20/h2-5,14-16,21,29H,6-13H2,1H3,(H,26,30)(H,37,38)(H3,27,28,31,32,33,34). The van der Waals surface area contributed by atoms with Crippen molar-refractivity contribution in [2.24, 2.45) is 0 Å². The lowest BCUT2D eigenvalue weighted by atomic mass is 10.1. The van der Waals surface area contributed by atoms with Gasteiger partial charge in [0.25, 0.3) is 0 Å². The van der Waals surface area contributed by atoms with E-state index in [9.17, 15) is 9.90 Å². The molecule has 5 rings (SSSR count). The quantitative estimate of drug-likeness (QED) is 0.161. The van der Waals surface area contributed by atoms with Crippen molar-refractivity contribution < 1.29 is 9.90 Å². The zero-order valence-corrected chi connectivity index (χ0v) is 21.3. The highest BCUT2D eigenvalue weighted by atomic mass is 16.4. The maximum atomic E-state index is 11.9. The van der Waals surface area contributed by atoms with Gasteiger partial charge < -0.3 is 35.9 Å². The van der Waals surface area contributed by atoms with Crippen LogP contribution in [0.2, 0.25) is 0 Å². The lowest BCUT2D eigenvalue weighted by Gasteiger charge is -2.32. The summed E-state index contributed by atoms with van der Waals surface area (Å²) >= 11 is 0. The molecule has 3 aromatic heterocycles. The molecule has 4 heterocycles. The summed E-state index contributed by atoms with van der Waals surface area (Å²) in [6.45, 7) is 6.25. The van der Waals surface area contributed by atoms with E-state index < -0.39 is 12.0 Å². The Bertz CT molecular complexity index is 1330. The number of carbonyl (C=O) groups is 1. The van der Waals surface area contributed by atoms with Crippen LogP contribution in [0.5, 0.6) is 0 Å². The number of carboxylic acids is 1. The van der Waals surface area contributed by atoms with Crippen molar-refractivity contribution in [1.29, 1.82) is 0 Å². The summed E-state index contributed by atoms with van der Waals surface area (Å²) in [6, 6.07) is 7.09. The molecule has 200 valence electrons. The van der Waals surface area contributed by atoms with Crippen LogP contribution in [0.1, 0.15) is 17.3 Å². The third-order valence-corrected chi connectivity index (χ3v) is 6.65. The Balaban J connectivity index is 1.27. The third-order valence-electron chi connectivity index (χ3n) is 6.65. The summed E-state index contributed by atoms with van der Waals surface area (Å²) in [6.07, 6.45) is 5.67. The fourth-order valence-electron chi connectivity index (χ4n) is 4.47. The van der Waals surface area contributed by atoms with Crippen LogP contribution < -0.4 is 16.0 Å². The monoisotopic (exact) mass is 519 g/mol. The number of aromatic amines is 2. The van der Waals surface area contributed by atoms with Crippen molar-refractivity contribution in [3.63, 3.8) is 0 Å². The summed E-state index contributed by atoms with van der Waals surface area (Å²) in [5, 5.41) is 20.4. The van der Waals surface area contributed by atoms with E-state index in [1.807, 2.05) is 18.3 Å². The van der Waals surface area contributed by atoms with Gasteiger partial charge in [0.1, 0.15) is 0 Å². The lowest BCUT2D eigenvalue weighted by Crippen LogP contribution is -2.45. The van der Waals surface area contributed by atoms with Crippen molar-refractivity contribution in [3.05, 3.63) is 54.2 Å². The molecule has 1 aromatic carbocycles. The van der Waals surface area contributed by atoms with Crippen LogP contribution in [0.15, 0.2) is 43.0 Å². The zero-order valence-electron chi connectivity index (χ0n) is 21.3. The molecule has 0 saturated carbocycles. The molecule has 1 atom stereocenters. The van der Waals surface area contributed by atoms with E-state index in [4.69, 9.17) is 0 Å². The molecule has 1 unspecified atom stereocenters. The maximum Gasteiger partial charge on any atom is 0.332 e. The van der Waals surface area contributed by atoms with Gasteiger partial charge in [-0.2, -0.15) is 15.0 Å². The van der Waals surface area contributed by atoms with Crippen LogP contribution in [0.4, 0.5) is 17.8 Å². The lowest BCUT2D eigenvalue weighted by molar-refractivity contribution is -0.138. The van der Waals surface area contributed by atoms with Crippen molar-refractivity contribution >= 4 is 34.7 Å². The fourth-order valence-corrected chi connectivity index (χ4v) is 4.47. The Morgan fingerprint density at radius 1 is 1.03 bits per heavy atom. The van der Waals surface area contributed by atoms with Crippen molar-refractivity contribution in [2.45, 2.75) is 12.5 Å². The number of piperazine rings is 1. The summed E-state index contributed by atoms with van der Waals surface area (Å²) in [4.78, 5) is 40.1. The molecular weight excluding hydrogens is 486 g/mol. The maximum absolute atomic E-state index is 11.9. The molecule has 13 heteroatoms. The first kappa shape index (κ1) is 25.4. The Hall–Kier alpha value is -4.23. The minimum absolute atomic E-state index is 0.152. The number of benzene rings is 1. The van der Waals surface area contributed by atoms with Gasteiger partial charge in [0.05, 0.1) is 18.2 Å². The minimum atomic E-state index is -1.09. The topological polar surface area (TPSA) is 163 Å². The molecule has 13 nitrogen and oxygen atoms in total. The Kier molecular flexibility index (Phi) is 7.95. The van der Waals surface area contributed by atoms with E-state index in [2.05, 4.69) is 74.8 Å². The van der Waals surface area contributed by atoms with E-state index in [-0.39, 0.29) is 5.95 Å². The highest BCUT2D eigenvalue weighted by Gasteiger charge is 2.23. The van der Waals surface area contributed by atoms with Crippen LogP contribution in [-0.4, -0.2) is 104 Å². The number of aromatic nitrogens is 6. The number of hydrogen-bond acceptors (Lipinski definition) is 10. The average molecular weight is 520 g/mol. The SMILES string of the molecule is CN1CCN(CCNc2nc(NCCc3c[nH]c4ccccc34)nc(NC(C(=O)O)c3cnc[nH]3)n2)CC1. The summed E-state index contributed by atoms with van der Waals surface area (Å²) in [7, 11) is 2.13. The summed E-state index contributed by atoms with van der Waals surface area (Å²) < 4.78 is 0. The predicted octanol–water partition coefficient (Wildman–Crippen LogP) is 1.63. The molecule has 0 spiro atoms. The summed E-state index contributed by atoms with van der Waals surface area (Å²) in [5.41, 5.74) is 2.69. The van der Waals surface area contributed by atoms with E-state index >= 15 is 0 Å². The Morgan fingerprint density at radius 2 is 1.76 bits per heavy atom. The largest absolute Gasteiger partial charge is 0.479 e.